The highest BCUT2D eigenvalue weighted by Crippen LogP contribution is 2.12. The lowest BCUT2D eigenvalue weighted by molar-refractivity contribution is 1.04. The summed E-state index contributed by atoms with van der Waals surface area (Å²) in [5, 5.41) is 8.61. The number of aryl methyl sites for hydroxylation is 1. The van der Waals surface area contributed by atoms with Crippen LogP contribution in [0.2, 0.25) is 0 Å². The van der Waals surface area contributed by atoms with Gasteiger partial charge >= 0.3 is 0 Å². The maximum atomic E-state index is 8.61. The Labute approximate surface area is 77.1 Å². The Balaban J connectivity index is 3.48. The molecule has 0 fully saturated rings. The second-order valence-corrected chi connectivity index (χ2v) is 2.45. The van der Waals surface area contributed by atoms with E-state index in [9.17, 15) is 0 Å². The Kier molecular flexibility index (Phi) is 2.56. The number of hydrogen-bond acceptors (Lipinski definition) is 3. The van der Waals surface area contributed by atoms with E-state index in [1.807, 2.05) is 13.0 Å². The summed E-state index contributed by atoms with van der Waals surface area (Å²) in [6, 6.07) is 1.89. The van der Waals surface area contributed by atoms with Crippen molar-refractivity contribution in [3.63, 3.8) is 0 Å². The van der Waals surface area contributed by atoms with Crippen LogP contribution in [0.4, 0.5) is 0 Å². The molecule has 0 atom stereocenters. The van der Waals surface area contributed by atoms with Crippen molar-refractivity contribution in [2.24, 2.45) is 0 Å². The lowest BCUT2D eigenvalue weighted by Crippen LogP contribution is -1.99. The summed E-state index contributed by atoms with van der Waals surface area (Å²) in [5.41, 5.74) is 2.23. The van der Waals surface area contributed by atoms with Crippen LogP contribution in [0.5, 0.6) is 0 Å². The molecule has 0 amide bonds. The van der Waals surface area contributed by atoms with E-state index in [1.165, 1.54) is 0 Å². The van der Waals surface area contributed by atoms with Crippen LogP contribution in [0.15, 0.2) is 13.2 Å². The first kappa shape index (κ1) is 9.14. The minimum absolute atomic E-state index is 0.165. The molecule has 0 saturated carbocycles. The Bertz CT molecular complexity index is 399. The second kappa shape index (κ2) is 3.63. The highest BCUT2D eigenvalue weighted by atomic mass is 14.9. The largest absolute Gasteiger partial charge is 0.233 e. The topological polar surface area (TPSA) is 49.6 Å². The smallest absolute Gasteiger partial charge is 0.224 e. The molecule has 64 valence electrons. The van der Waals surface area contributed by atoms with Gasteiger partial charge in [-0.15, -0.1) is 0 Å². The average molecular weight is 171 g/mol. The van der Waals surface area contributed by atoms with Crippen LogP contribution in [0.1, 0.15) is 22.8 Å². The normalized spacial score (nSPS) is 8.92. The summed E-state index contributed by atoms with van der Waals surface area (Å²) < 4.78 is 0. The predicted molar refractivity (Wildman–Crippen MR) is 51.7 cm³/mol. The van der Waals surface area contributed by atoms with Gasteiger partial charge in [-0.25, -0.2) is 9.97 Å². The van der Waals surface area contributed by atoms with Crippen LogP contribution in [0, 0.1) is 18.3 Å². The lowest BCUT2D eigenvalue weighted by Gasteiger charge is -2.03. The van der Waals surface area contributed by atoms with Crippen molar-refractivity contribution in [1.82, 2.24) is 9.97 Å². The van der Waals surface area contributed by atoms with Crippen molar-refractivity contribution < 1.29 is 0 Å². The average Bonchev–Trinajstić information content (AvgIpc) is 2.16. The van der Waals surface area contributed by atoms with Gasteiger partial charge in [0.2, 0.25) is 5.82 Å². The van der Waals surface area contributed by atoms with Gasteiger partial charge in [0.1, 0.15) is 6.07 Å². The van der Waals surface area contributed by atoms with Crippen LogP contribution in [-0.4, -0.2) is 9.97 Å². The van der Waals surface area contributed by atoms with Crippen molar-refractivity contribution in [2.75, 3.05) is 0 Å². The molecular formula is C10H9N3. The van der Waals surface area contributed by atoms with Gasteiger partial charge in [0.05, 0.1) is 5.69 Å². The van der Waals surface area contributed by atoms with Crippen molar-refractivity contribution in [3.8, 4) is 6.07 Å². The van der Waals surface area contributed by atoms with Crippen molar-refractivity contribution >= 4 is 12.2 Å². The molecule has 0 aliphatic heterocycles. The van der Waals surface area contributed by atoms with Gasteiger partial charge in [-0.2, -0.15) is 5.26 Å². The van der Waals surface area contributed by atoms with Crippen LogP contribution in [0.25, 0.3) is 12.2 Å². The fourth-order valence-electron chi connectivity index (χ4n) is 1.06. The maximum absolute atomic E-state index is 8.61. The van der Waals surface area contributed by atoms with Gasteiger partial charge in [0.15, 0.2) is 0 Å². The zero-order valence-corrected chi connectivity index (χ0v) is 7.41. The third-order valence-corrected chi connectivity index (χ3v) is 1.66. The molecule has 0 bridgehead atoms. The summed E-state index contributed by atoms with van der Waals surface area (Å²) in [6.45, 7) is 9.07. The standard InChI is InChI=1S/C10H9N3/c1-4-8-7(3)12-10(6-11)13-9(8)5-2/h4-5H,1-2H2,3H3. The fraction of sp³-hybridized carbons (Fsp3) is 0.100. The zero-order valence-electron chi connectivity index (χ0n) is 7.41. The van der Waals surface area contributed by atoms with Crippen LogP contribution in [0.3, 0.4) is 0 Å². The highest BCUT2D eigenvalue weighted by Gasteiger charge is 2.05. The van der Waals surface area contributed by atoms with E-state index in [4.69, 9.17) is 5.26 Å². The first-order valence-corrected chi connectivity index (χ1v) is 3.76. The number of nitriles is 1. The van der Waals surface area contributed by atoms with Crippen molar-refractivity contribution in [1.29, 1.82) is 5.26 Å². The van der Waals surface area contributed by atoms with E-state index in [0.29, 0.717) is 5.69 Å². The number of rotatable bonds is 2. The van der Waals surface area contributed by atoms with Gasteiger partial charge in [-0.1, -0.05) is 19.2 Å². The van der Waals surface area contributed by atoms with Crippen LogP contribution in [-0.2, 0) is 0 Å². The number of aromatic nitrogens is 2. The van der Waals surface area contributed by atoms with Gasteiger partial charge in [0.25, 0.3) is 0 Å². The molecule has 1 aromatic rings. The first-order chi connectivity index (χ1) is 6.22. The van der Waals surface area contributed by atoms with E-state index >= 15 is 0 Å². The van der Waals surface area contributed by atoms with Crippen molar-refractivity contribution in [2.45, 2.75) is 6.92 Å². The molecule has 0 saturated heterocycles. The number of nitrogens with zero attached hydrogens (tertiary/aromatic N) is 3. The first-order valence-electron chi connectivity index (χ1n) is 3.76. The molecular weight excluding hydrogens is 162 g/mol. The monoisotopic (exact) mass is 171 g/mol. The summed E-state index contributed by atoms with van der Waals surface area (Å²) >= 11 is 0. The molecule has 3 heteroatoms. The predicted octanol–water partition coefficient (Wildman–Crippen LogP) is 1.94. The van der Waals surface area contributed by atoms with E-state index in [1.54, 1.807) is 12.2 Å². The van der Waals surface area contributed by atoms with E-state index < -0.39 is 0 Å². The summed E-state index contributed by atoms with van der Waals surface area (Å²) in [5.74, 6) is 0.165. The zero-order chi connectivity index (χ0) is 9.84. The minimum atomic E-state index is 0.165. The quantitative estimate of drug-likeness (QED) is 0.683. The highest BCUT2D eigenvalue weighted by molar-refractivity contribution is 5.62. The van der Waals surface area contributed by atoms with E-state index in [0.717, 1.165) is 11.3 Å². The van der Waals surface area contributed by atoms with Gasteiger partial charge in [-0.3, -0.25) is 0 Å². The Morgan fingerprint density at radius 3 is 2.46 bits per heavy atom. The molecule has 0 aliphatic carbocycles. The Hall–Kier alpha value is -1.95. The molecule has 0 radical (unpaired) electrons. The van der Waals surface area contributed by atoms with Gasteiger partial charge in [-0.05, 0) is 13.0 Å². The van der Waals surface area contributed by atoms with Crippen molar-refractivity contribution in [3.05, 3.63) is 35.9 Å². The summed E-state index contributed by atoms with van der Waals surface area (Å²) in [4.78, 5) is 7.96. The molecule has 0 spiro atoms. The summed E-state index contributed by atoms with van der Waals surface area (Å²) in [6.07, 6.45) is 3.25. The van der Waals surface area contributed by atoms with Crippen LogP contribution >= 0.6 is 0 Å². The molecule has 1 aromatic heterocycles. The lowest BCUT2D eigenvalue weighted by atomic mass is 10.1. The van der Waals surface area contributed by atoms with E-state index in [-0.39, 0.29) is 5.82 Å². The molecule has 1 rings (SSSR count). The molecule has 3 nitrogen and oxygen atoms in total. The minimum Gasteiger partial charge on any atom is -0.224 e. The molecule has 0 N–H and O–H groups in total. The summed E-state index contributed by atoms with van der Waals surface area (Å²) in [7, 11) is 0. The molecule has 1 heterocycles. The van der Waals surface area contributed by atoms with Crippen LogP contribution < -0.4 is 0 Å². The fourth-order valence-corrected chi connectivity index (χ4v) is 1.06. The SMILES string of the molecule is C=Cc1nc(C#N)nc(C)c1C=C. The van der Waals surface area contributed by atoms with Gasteiger partial charge < -0.3 is 0 Å². The molecule has 13 heavy (non-hydrogen) atoms. The molecule has 0 aliphatic rings. The molecule has 0 aromatic carbocycles. The molecule has 0 unspecified atom stereocenters. The Morgan fingerprint density at radius 2 is 2.00 bits per heavy atom. The third kappa shape index (κ3) is 1.62. The third-order valence-electron chi connectivity index (χ3n) is 1.66. The number of hydrogen-bond donors (Lipinski definition) is 0. The van der Waals surface area contributed by atoms with Gasteiger partial charge in [0, 0.05) is 11.3 Å². The maximum Gasteiger partial charge on any atom is 0.233 e. The Morgan fingerprint density at radius 1 is 1.31 bits per heavy atom. The second-order valence-electron chi connectivity index (χ2n) is 2.45. The van der Waals surface area contributed by atoms with E-state index in [2.05, 4.69) is 23.1 Å².